The van der Waals surface area contributed by atoms with Gasteiger partial charge in [0.15, 0.2) is 0 Å². The molecule has 70 valence electrons. The van der Waals surface area contributed by atoms with Crippen LogP contribution in [0.15, 0.2) is 0 Å². The smallest absolute Gasteiger partial charge is 0.0580 e. The van der Waals surface area contributed by atoms with Crippen molar-refractivity contribution in [3.8, 4) is 0 Å². The van der Waals surface area contributed by atoms with Gasteiger partial charge in [-0.05, 0) is 50.4 Å². The minimum atomic E-state index is 0.609. The van der Waals surface area contributed by atoms with Crippen LogP contribution in [0.25, 0.3) is 0 Å². The molecule has 0 aromatic carbocycles. The molecule has 2 rings (SSSR count). The maximum atomic E-state index is 5.67. The Morgan fingerprint density at radius 3 is 2.17 bits per heavy atom. The minimum Gasteiger partial charge on any atom is -0.378 e. The third-order valence-corrected chi connectivity index (χ3v) is 3.61. The molecule has 0 spiro atoms. The molecule has 0 aromatic heterocycles. The van der Waals surface area contributed by atoms with Gasteiger partial charge >= 0.3 is 0 Å². The first kappa shape index (κ1) is 8.55. The predicted molar refractivity (Wildman–Crippen MR) is 50.0 cm³/mol. The van der Waals surface area contributed by atoms with Crippen molar-refractivity contribution in [2.24, 2.45) is 17.8 Å². The third kappa shape index (κ3) is 1.52. The molecule has 2 atom stereocenters. The normalized spacial score (nSPS) is 46.5. The molecule has 0 saturated heterocycles. The summed E-state index contributed by atoms with van der Waals surface area (Å²) < 4.78 is 5.67. The van der Waals surface area contributed by atoms with Gasteiger partial charge in [0.25, 0.3) is 0 Å². The lowest BCUT2D eigenvalue weighted by atomic mass is 10.0. The molecule has 0 N–H and O–H groups in total. The van der Waals surface area contributed by atoms with E-state index in [9.17, 15) is 0 Å². The van der Waals surface area contributed by atoms with Crippen LogP contribution in [0.1, 0.15) is 39.5 Å². The van der Waals surface area contributed by atoms with Crippen LogP contribution in [-0.4, -0.2) is 12.7 Å². The lowest BCUT2D eigenvalue weighted by molar-refractivity contribution is 0.0611. The lowest BCUT2D eigenvalue weighted by Crippen LogP contribution is -2.09. The molecule has 2 aliphatic rings. The zero-order valence-electron chi connectivity index (χ0n) is 8.25. The number of hydrogen-bond acceptors (Lipinski definition) is 1. The fraction of sp³-hybridized carbons (Fsp3) is 1.00. The minimum absolute atomic E-state index is 0.609. The quantitative estimate of drug-likeness (QED) is 0.616. The monoisotopic (exact) mass is 168 g/mol. The number of rotatable bonds is 2. The summed E-state index contributed by atoms with van der Waals surface area (Å²) in [5.41, 5.74) is 0. The summed E-state index contributed by atoms with van der Waals surface area (Å²) in [5.74, 6) is 3.01. The molecule has 2 unspecified atom stereocenters. The Kier molecular flexibility index (Phi) is 2.40. The van der Waals surface area contributed by atoms with E-state index in [0.717, 1.165) is 24.4 Å². The van der Waals surface area contributed by atoms with Crippen LogP contribution in [0.4, 0.5) is 0 Å². The van der Waals surface area contributed by atoms with E-state index in [1.165, 1.54) is 25.7 Å². The molecule has 2 aliphatic carbocycles. The second-order valence-electron chi connectivity index (χ2n) is 4.65. The summed E-state index contributed by atoms with van der Waals surface area (Å²) in [4.78, 5) is 0. The Hall–Kier alpha value is -0.0400. The predicted octanol–water partition coefficient (Wildman–Crippen LogP) is 2.85. The van der Waals surface area contributed by atoms with Crippen LogP contribution in [0.2, 0.25) is 0 Å². The average molecular weight is 168 g/mol. The molecule has 0 heterocycles. The van der Waals surface area contributed by atoms with Gasteiger partial charge in [-0.2, -0.15) is 0 Å². The van der Waals surface area contributed by atoms with Crippen molar-refractivity contribution in [2.75, 3.05) is 6.61 Å². The summed E-state index contributed by atoms with van der Waals surface area (Å²) in [6.07, 6.45) is 6.24. The van der Waals surface area contributed by atoms with Crippen LogP contribution in [0.3, 0.4) is 0 Å². The number of hydrogen-bond donors (Lipinski definition) is 0. The Morgan fingerprint density at radius 2 is 1.67 bits per heavy atom. The zero-order chi connectivity index (χ0) is 8.55. The topological polar surface area (TPSA) is 9.23 Å². The van der Waals surface area contributed by atoms with Gasteiger partial charge in [0, 0.05) is 6.61 Å². The third-order valence-electron chi connectivity index (χ3n) is 3.61. The van der Waals surface area contributed by atoms with E-state index in [2.05, 4.69) is 13.8 Å². The van der Waals surface area contributed by atoms with Gasteiger partial charge < -0.3 is 4.74 Å². The highest BCUT2D eigenvalue weighted by Crippen LogP contribution is 2.47. The Balaban J connectivity index is 1.85. The molecule has 2 saturated carbocycles. The summed E-state index contributed by atoms with van der Waals surface area (Å²) in [7, 11) is 0. The first-order valence-corrected chi connectivity index (χ1v) is 5.41. The summed E-state index contributed by atoms with van der Waals surface area (Å²) in [6.45, 7) is 5.41. The summed E-state index contributed by atoms with van der Waals surface area (Å²) in [5, 5.41) is 0. The van der Waals surface area contributed by atoms with E-state index >= 15 is 0 Å². The maximum absolute atomic E-state index is 5.67. The van der Waals surface area contributed by atoms with Crippen LogP contribution in [0, 0.1) is 17.8 Å². The molecule has 1 nitrogen and oxygen atoms in total. The first-order valence-electron chi connectivity index (χ1n) is 5.41. The fourth-order valence-corrected chi connectivity index (χ4v) is 3.24. The molecule has 0 amide bonds. The van der Waals surface area contributed by atoms with Crippen molar-refractivity contribution in [1.82, 2.24) is 0 Å². The van der Waals surface area contributed by atoms with E-state index < -0.39 is 0 Å². The van der Waals surface area contributed by atoms with Gasteiger partial charge in [0.05, 0.1) is 6.10 Å². The second kappa shape index (κ2) is 3.37. The van der Waals surface area contributed by atoms with Crippen molar-refractivity contribution < 1.29 is 4.74 Å². The molecular formula is C11H20O. The fourth-order valence-electron chi connectivity index (χ4n) is 3.24. The zero-order valence-corrected chi connectivity index (χ0v) is 8.25. The molecule has 0 bridgehead atoms. The molecular weight excluding hydrogens is 148 g/mol. The molecule has 0 aromatic rings. The van der Waals surface area contributed by atoms with Gasteiger partial charge in [-0.3, -0.25) is 0 Å². The highest BCUT2D eigenvalue weighted by molar-refractivity contribution is 4.90. The van der Waals surface area contributed by atoms with Crippen LogP contribution >= 0.6 is 0 Å². The van der Waals surface area contributed by atoms with Crippen molar-refractivity contribution in [3.05, 3.63) is 0 Å². The largest absolute Gasteiger partial charge is 0.378 e. The first-order chi connectivity index (χ1) is 5.79. The van der Waals surface area contributed by atoms with Gasteiger partial charge in [-0.1, -0.05) is 6.92 Å². The van der Waals surface area contributed by atoms with E-state index in [0.29, 0.717) is 6.10 Å². The van der Waals surface area contributed by atoms with Gasteiger partial charge in [0.1, 0.15) is 0 Å². The van der Waals surface area contributed by atoms with Gasteiger partial charge in [-0.25, -0.2) is 0 Å². The highest BCUT2D eigenvalue weighted by atomic mass is 16.5. The molecule has 1 heteroatoms. The van der Waals surface area contributed by atoms with Crippen molar-refractivity contribution >= 4 is 0 Å². The SMILES string of the molecule is CCOC1CC2CC(C)CC2C1. The average Bonchev–Trinajstić information content (AvgIpc) is 2.44. The van der Waals surface area contributed by atoms with Crippen LogP contribution in [0.5, 0.6) is 0 Å². The Morgan fingerprint density at radius 1 is 1.08 bits per heavy atom. The standard InChI is InChI=1S/C11H20O/c1-3-12-11-6-9-4-8(2)5-10(9)7-11/h8-11H,3-7H2,1-2H3. The second-order valence-corrected chi connectivity index (χ2v) is 4.65. The maximum Gasteiger partial charge on any atom is 0.0580 e. The Labute approximate surface area is 75.5 Å². The lowest BCUT2D eigenvalue weighted by Gasteiger charge is -2.11. The molecule has 0 radical (unpaired) electrons. The Bertz CT molecular complexity index is 141. The molecule has 2 fully saturated rings. The highest BCUT2D eigenvalue weighted by Gasteiger charge is 2.40. The van der Waals surface area contributed by atoms with Crippen molar-refractivity contribution in [2.45, 2.75) is 45.6 Å². The summed E-state index contributed by atoms with van der Waals surface area (Å²) >= 11 is 0. The van der Waals surface area contributed by atoms with Crippen LogP contribution < -0.4 is 0 Å². The van der Waals surface area contributed by atoms with Gasteiger partial charge in [-0.15, -0.1) is 0 Å². The molecule has 0 aliphatic heterocycles. The van der Waals surface area contributed by atoms with Crippen molar-refractivity contribution in [1.29, 1.82) is 0 Å². The number of fused-ring (bicyclic) bond motifs is 1. The van der Waals surface area contributed by atoms with E-state index in [1.54, 1.807) is 0 Å². The van der Waals surface area contributed by atoms with E-state index in [1.807, 2.05) is 0 Å². The van der Waals surface area contributed by atoms with Gasteiger partial charge in [0.2, 0.25) is 0 Å². The van der Waals surface area contributed by atoms with E-state index in [-0.39, 0.29) is 0 Å². The van der Waals surface area contributed by atoms with Crippen LogP contribution in [-0.2, 0) is 4.74 Å². The van der Waals surface area contributed by atoms with Crippen molar-refractivity contribution in [3.63, 3.8) is 0 Å². The number of ether oxygens (including phenoxy) is 1. The summed E-state index contributed by atoms with van der Waals surface area (Å²) in [6, 6.07) is 0. The molecule has 12 heavy (non-hydrogen) atoms. The van der Waals surface area contributed by atoms with E-state index in [4.69, 9.17) is 4.74 Å².